The molecule has 3 rings (SSSR count). The Kier molecular flexibility index (Phi) is 9.03. The predicted octanol–water partition coefficient (Wildman–Crippen LogP) is 5.43. The molecule has 0 saturated carbocycles. The van der Waals surface area contributed by atoms with E-state index in [0.29, 0.717) is 22.1 Å². The van der Waals surface area contributed by atoms with Crippen LogP contribution in [-0.2, 0) is 11.2 Å². The zero-order valence-electron chi connectivity index (χ0n) is 18.3. The molecule has 7 heteroatoms. The number of carbonyl (C=O) groups is 2. The van der Waals surface area contributed by atoms with E-state index in [9.17, 15) is 9.59 Å². The quantitative estimate of drug-likeness (QED) is 0.188. The molecule has 33 heavy (non-hydrogen) atoms. The number of nitrogens with zero attached hydrogens (tertiary/aromatic N) is 1. The molecule has 0 atom stereocenters. The summed E-state index contributed by atoms with van der Waals surface area (Å²) >= 11 is 6.01. The smallest absolute Gasteiger partial charge is 0.345 e. The summed E-state index contributed by atoms with van der Waals surface area (Å²) in [5.41, 5.74) is 4.69. The van der Waals surface area contributed by atoms with Gasteiger partial charge in [-0.25, -0.2) is 10.2 Å². The minimum atomic E-state index is -0.537. The van der Waals surface area contributed by atoms with Crippen LogP contribution in [0.15, 0.2) is 77.9 Å². The highest BCUT2D eigenvalue weighted by molar-refractivity contribution is 6.33. The Bertz CT molecular complexity index is 1100. The van der Waals surface area contributed by atoms with Crippen LogP contribution in [0.5, 0.6) is 11.5 Å². The van der Waals surface area contributed by atoms with Crippen molar-refractivity contribution in [3.8, 4) is 11.5 Å². The van der Waals surface area contributed by atoms with Gasteiger partial charge in [0.25, 0.3) is 5.91 Å². The average Bonchev–Trinajstić information content (AvgIpc) is 2.83. The lowest BCUT2D eigenvalue weighted by atomic mass is 10.1. The van der Waals surface area contributed by atoms with E-state index in [-0.39, 0.29) is 12.5 Å². The van der Waals surface area contributed by atoms with E-state index < -0.39 is 5.97 Å². The van der Waals surface area contributed by atoms with Crippen molar-refractivity contribution in [2.24, 2.45) is 5.10 Å². The average molecular weight is 465 g/mol. The minimum absolute atomic E-state index is 0.136. The van der Waals surface area contributed by atoms with Crippen LogP contribution < -0.4 is 14.9 Å². The van der Waals surface area contributed by atoms with Crippen LogP contribution in [0.4, 0.5) is 0 Å². The Hall–Kier alpha value is -3.64. The van der Waals surface area contributed by atoms with Gasteiger partial charge in [-0.2, -0.15) is 5.10 Å². The third-order valence-electron chi connectivity index (χ3n) is 4.70. The first kappa shape index (κ1) is 24.0. The number of halogens is 1. The molecule has 0 bridgehead atoms. The number of nitrogens with one attached hydrogen (secondary N) is 1. The fraction of sp³-hybridized carbons (Fsp3) is 0.192. The van der Waals surface area contributed by atoms with Crippen LogP contribution in [-0.4, -0.2) is 24.7 Å². The Labute approximate surface area is 198 Å². The van der Waals surface area contributed by atoms with Gasteiger partial charge in [-0.3, -0.25) is 4.79 Å². The molecular formula is C26H25ClN2O4. The zero-order valence-corrected chi connectivity index (χ0v) is 19.0. The van der Waals surface area contributed by atoms with Crippen molar-refractivity contribution in [2.75, 3.05) is 6.61 Å². The molecule has 1 N–H and O–H groups in total. The third-order valence-corrected chi connectivity index (χ3v) is 5.03. The first-order valence-corrected chi connectivity index (χ1v) is 11.0. The van der Waals surface area contributed by atoms with Gasteiger partial charge in [0.1, 0.15) is 11.5 Å². The molecule has 0 aromatic heterocycles. The predicted molar refractivity (Wildman–Crippen MR) is 129 cm³/mol. The van der Waals surface area contributed by atoms with Crippen molar-refractivity contribution in [3.63, 3.8) is 0 Å². The van der Waals surface area contributed by atoms with E-state index in [1.54, 1.807) is 48.5 Å². The van der Waals surface area contributed by atoms with Crippen LogP contribution in [0.3, 0.4) is 0 Å². The molecule has 0 aliphatic rings. The second-order valence-corrected chi connectivity index (χ2v) is 7.67. The Balaban J connectivity index is 1.43. The van der Waals surface area contributed by atoms with Gasteiger partial charge in [-0.15, -0.1) is 0 Å². The summed E-state index contributed by atoms with van der Waals surface area (Å²) < 4.78 is 10.8. The van der Waals surface area contributed by atoms with E-state index in [2.05, 4.69) is 17.5 Å². The molecule has 0 spiro atoms. The molecule has 0 unspecified atom stereocenters. The topological polar surface area (TPSA) is 77.0 Å². The number of hydrazone groups is 1. The number of aryl methyl sites for hydroxylation is 1. The van der Waals surface area contributed by atoms with Crippen LogP contribution in [0.25, 0.3) is 0 Å². The van der Waals surface area contributed by atoms with Crippen LogP contribution >= 0.6 is 11.6 Å². The molecular weight excluding hydrogens is 440 g/mol. The van der Waals surface area contributed by atoms with E-state index in [1.807, 2.05) is 24.3 Å². The molecule has 3 aromatic carbocycles. The maximum absolute atomic E-state index is 12.2. The summed E-state index contributed by atoms with van der Waals surface area (Å²) in [4.78, 5) is 24.1. The lowest BCUT2D eigenvalue weighted by molar-refractivity contribution is -0.123. The SMILES string of the molecule is CCCCc1ccc(OCC(=O)NN=Cc2ccc(OC(=O)c3ccccc3Cl)cc2)cc1. The fourth-order valence-electron chi connectivity index (χ4n) is 2.90. The van der Waals surface area contributed by atoms with Gasteiger partial charge in [-0.1, -0.05) is 49.2 Å². The molecule has 0 aliphatic heterocycles. The molecule has 0 heterocycles. The summed E-state index contributed by atoms with van der Waals surface area (Å²) in [5, 5.41) is 4.25. The zero-order chi connectivity index (χ0) is 23.5. The third kappa shape index (κ3) is 7.77. The molecule has 6 nitrogen and oxygen atoms in total. The standard InChI is InChI=1S/C26H25ClN2O4/c1-2-3-6-19-9-13-21(14-10-19)32-18-25(30)29-28-17-20-11-15-22(16-12-20)33-26(31)23-7-4-5-8-24(23)27/h4-5,7-17H,2-3,6,18H2,1H3,(H,29,30). The molecule has 1 amide bonds. The number of unbranched alkanes of at least 4 members (excludes halogenated alkanes) is 1. The van der Waals surface area contributed by atoms with Crippen molar-refractivity contribution in [1.82, 2.24) is 5.43 Å². The van der Waals surface area contributed by atoms with E-state index >= 15 is 0 Å². The Morgan fingerprint density at radius 1 is 0.970 bits per heavy atom. The fourth-order valence-corrected chi connectivity index (χ4v) is 3.12. The van der Waals surface area contributed by atoms with Crippen molar-refractivity contribution in [2.45, 2.75) is 26.2 Å². The first-order chi connectivity index (χ1) is 16.0. The number of rotatable bonds is 10. The molecule has 0 fully saturated rings. The normalized spacial score (nSPS) is 10.7. The Morgan fingerprint density at radius 2 is 1.67 bits per heavy atom. The van der Waals surface area contributed by atoms with Gasteiger partial charge in [0.05, 0.1) is 16.8 Å². The molecule has 0 aliphatic carbocycles. The minimum Gasteiger partial charge on any atom is -0.484 e. The largest absolute Gasteiger partial charge is 0.484 e. The van der Waals surface area contributed by atoms with Crippen LogP contribution in [0, 0.1) is 0 Å². The lowest BCUT2D eigenvalue weighted by Gasteiger charge is -2.06. The van der Waals surface area contributed by atoms with Gasteiger partial charge in [0, 0.05) is 0 Å². The van der Waals surface area contributed by atoms with Crippen molar-refractivity contribution < 1.29 is 19.1 Å². The molecule has 3 aromatic rings. The van der Waals surface area contributed by atoms with Crippen molar-refractivity contribution in [3.05, 3.63) is 94.5 Å². The summed E-state index contributed by atoms with van der Waals surface area (Å²) in [6, 6.07) is 21.1. The van der Waals surface area contributed by atoms with Gasteiger partial charge in [0.15, 0.2) is 6.61 Å². The van der Waals surface area contributed by atoms with Crippen LogP contribution in [0.1, 0.15) is 41.3 Å². The van der Waals surface area contributed by atoms with Crippen molar-refractivity contribution >= 4 is 29.7 Å². The number of esters is 1. The maximum atomic E-state index is 12.2. The molecule has 0 saturated heterocycles. The highest BCUT2D eigenvalue weighted by atomic mass is 35.5. The molecule has 170 valence electrons. The van der Waals surface area contributed by atoms with Gasteiger partial charge in [0.2, 0.25) is 0 Å². The highest BCUT2D eigenvalue weighted by Crippen LogP contribution is 2.19. The molecule has 0 radical (unpaired) electrons. The lowest BCUT2D eigenvalue weighted by Crippen LogP contribution is -2.24. The van der Waals surface area contributed by atoms with Gasteiger partial charge >= 0.3 is 5.97 Å². The van der Waals surface area contributed by atoms with Crippen LogP contribution in [0.2, 0.25) is 5.02 Å². The Morgan fingerprint density at radius 3 is 2.36 bits per heavy atom. The highest BCUT2D eigenvalue weighted by Gasteiger charge is 2.12. The maximum Gasteiger partial charge on any atom is 0.345 e. The summed E-state index contributed by atoms with van der Waals surface area (Å²) in [5.74, 6) is 0.100. The second kappa shape index (κ2) is 12.4. The second-order valence-electron chi connectivity index (χ2n) is 7.27. The summed E-state index contributed by atoms with van der Waals surface area (Å²) in [6.45, 7) is 2.02. The van der Waals surface area contributed by atoms with E-state index in [1.165, 1.54) is 11.8 Å². The number of benzene rings is 3. The monoisotopic (exact) mass is 464 g/mol. The number of ether oxygens (including phenoxy) is 2. The number of carbonyl (C=O) groups excluding carboxylic acids is 2. The van der Waals surface area contributed by atoms with E-state index in [0.717, 1.165) is 24.8 Å². The van der Waals surface area contributed by atoms with Gasteiger partial charge in [-0.05, 0) is 72.5 Å². The number of hydrogen-bond acceptors (Lipinski definition) is 5. The number of hydrogen-bond donors (Lipinski definition) is 1. The van der Waals surface area contributed by atoms with Gasteiger partial charge < -0.3 is 9.47 Å². The van der Waals surface area contributed by atoms with E-state index in [4.69, 9.17) is 21.1 Å². The summed E-state index contributed by atoms with van der Waals surface area (Å²) in [6.07, 6.45) is 4.83. The number of amides is 1. The first-order valence-electron chi connectivity index (χ1n) is 10.7. The van der Waals surface area contributed by atoms with Crippen molar-refractivity contribution in [1.29, 1.82) is 0 Å². The summed E-state index contributed by atoms with van der Waals surface area (Å²) in [7, 11) is 0.